The topological polar surface area (TPSA) is 116 Å². The van der Waals surface area contributed by atoms with Crippen LogP contribution in [0, 0.1) is 6.92 Å². The maximum Gasteiger partial charge on any atom is 0.138 e. The lowest BCUT2D eigenvalue weighted by Gasteiger charge is -2.28. The summed E-state index contributed by atoms with van der Waals surface area (Å²) in [6.45, 7) is 2.42. The summed E-state index contributed by atoms with van der Waals surface area (Å²) in [5, 5.41) is 19.5. The standard InChI is InChI=1S/C26H28N8O3/c1-17-28-16-30-34(17)15-21(35)14-33(20-7-22(36-3)10-23(8-20)37-4)19-5-6-24-25(9-19)31-26(12-27-24)18-11-29-32(2)13-18/h5-13,16,21,35H,14-15H2,1-4H3. The van der Waals surface area contributed by atoms with E-state index in [1.807, 2.05) is 61.5 Å². The Bertz CT molecular complexity index is 1510. The largest absolute Gasteiger partial charge is 0.497 e. The van der Waals surface area contributed by atoms with Crippen molar-refractivity contribution in [3.8, 4) is 22.8 Å². The monoisotopic (exact) mass is 500 g/mol. The highest BCUT2D eigenvalue weighted by Crippen LogP contribution is 2.34. The smallest absolute Gasteiger partial charge is 0.138 e. The fraction of sp³-hybridized carbons (Fsp3) is 0.269. The number of ether oxygens (including phenoxy) is 2. The first-order chi connectivity index (χ1) is 17.9. The summed E-state index contributed by atoms with van der Waals surface area (Å²) in [6, 6.07) is 11.4. The van der Waals surface area contributed by atoms with E-state index in [9.17, 15) is 5.11 Å². The number of rotatable bonds is 9. The Labute approximate surface area is 213 Å². The van der Waals surface area contributed by atoms with Crippen LogP contribution in [-0.2, 0) is 13.6 Å². The Balaban J connectivity index is 1.56. The molecule has 0 aliphatic rings. The molecule has 1 N–H and O–H groups in total. The molecule has 190 valence electrons. The van der Waals surface area contributed by atoms with Gasteiger partial charge < -0.3 is 19.5 Å². The van der Waals surface area contributed by atoms with Crippen molar-refractivity contribution in [3.63, 3.8) is 0 Å². The molecule has 0 amide bonds. The quantitative estimate of drug-likeness (QED) is 0.326. The molecule has 2 aromatic carbocycles. The second kappa shape index (κ2) is 10.2. The molecule has 11 heteroatoms. The zero-order valence-electron chi connectivity index (χ0n) is 21.1. The van der Waals surface area contributed by atoms with Gasteiger partial charge in [-0.1, -0.05) is 0 Å². The second-order valence-corrected chi connectivity index (χ2v) is 8.66. The number of nitrogens with zero attached hydrogens (tertiary/aromatic N) is 8. The van der Waals surface area contributed by atoms with Crippen molar-refractivity contribution in [1.29, 1.82) is 0 Å². The summed E-state index contributed by atoms with van der Waals surface area (Å²) in [6.07, 6.45) is 6.14. The number of methoxy groups -OCH3 is 2. The van der Waals surface area contributed by atoms with E-state index in [4.69, 9.17) is 14.5 Å². The average Bonchev–Trinajstić information content (AvgIpc) is 3.53. The number of aliphatic hydroxyl groups excluding tert-OH is 1. The summed E-state index contributed by atoms with van der Waals surface area (Å²) in [7, 11) is 5.08. The van der Waals surface area contributed by atoms with Crippen molar-refractivity contribution in [2.75, 3.05) is 25.7 Å². The Morgan fingerprint density at radius 3 is 2.38 bits per heavy atom. The lowest BCUT2D eigenvalue weighted by Crippen LogP contribution is -2.32. The summed E-state index contributed by atoms with van der Waals surface area (Å²) in [5.41, 5.74) is 4.72. The van der Waals surface area contributed by atoms with Gasteiger partial charge in [-0.05, 0) is 25.1 Å². The highest BCUT2D eigenvalue weighted by atomic mass is 16.5. The molecular weight excluding hydrogens is 472 g/mol. The molecule has 0 aliphatic heterocycles. The summed E-state index contributed by atoms with van der Waals surface area (Å²) < 4.78 is 14.4. The minimum atomic E-state index is -0.749. The van der Waals surface area contributed by atoms with Gasteiger partial charge in [0.25, 0.3) is 0 Å². The van der Waals surface area contributed by atoms with E-state index in [2.05, 4.69) is 20.2 Å². The Hall–Kier alpha value is -4.51. The van der Waals surface area contributed by atoms with Crippen LogP contribution >= 0.6 is 0 Å². The van der Waals surface area contributed by atoms with Crippen molar-refractivity contribution in [1.82, 2.24) is 34.5 Å². The number of anilines is 2. The molecular formula is C26H28N8O3. The van der Waals surface area contributed by atoms with Gasteiger partial charge in [-0.3, -0.25) is 9.67 Å². The molecule has 3 heterocycles. The molecule has 0 saturated heterocycles. The van der Waals surface area contributed by atoms with E-state index in [1.165, 1.54) is 6.33 Å². The molecule has 5 rings (SSSR count). The van der Waals surface area contributed by atoms with Crippen LogP contribution in [0.15, 0.2) is 61.3 Å². The molecule has 0 radical (unpaired) electrons. The van der Waals surface area contributed by atoms with E-state index < -0.39 is 6.10 Å². The van der Waals surface area contributed by atoms with Crippen molar-refractivity contribution >= 4 is 22.4 Å². The van der Waals surface area contributed by atoms with Crippen LogP contribution in [0.4, 0.5) is 11.4 Å². The Morgan fingerprint density at radius 2 is 1.73 bits per heavy atom. The first kappa shape index (κ1) is 24.2. The van der Waals surface area contributed by atoms with Crippen molar-refractivity contribution in [3.05, 3.63) is 67.1 Å². The van der Waals surface area contributed by atoms with Gasteiger partial charge in [0.05, 0.1) is 62.5 Å². The zero-order chi connectivity index (χ0) is 25.9. The molecule has 37 heavy (non-hydrogen) atoms. The third-order valence-electron chi connectivity index (χ3n) is 6.07. The minimum absolute atomic E-state index is 0.275. The summed E-state index contributed by atoms with van der Waals surface area (Å²) in [4.78, 5) is 15.6. The lowest BCUT2D eigenvalue weighted by molar-refractivity contribution is 0.156. The molecule has 1 unspecified atom stereocenters. The number of hydrogen-bond donors (Lipinski definition) is 1. The van der Waals surface area contributed by atoms with Gasteiger partial charge >= 0.3 is 0 Å². The minimum Gasteiger partial charge on any atom is -0.497 e. The third kappa shape index (κ3) is 5.21. The molecule has 3 aromatic heterocycles. The van der Waals surface area contributed by atoms with Gasteiger partial charge in [-0.25, -0.2) is 14.6 Å². The predicted molar refractivity (Wildman–Crippen MR) is 139 cm³/mol. The maximum atomic E-state index is 11.1. The normalized spacial score (nSPS) is 12.0. The number of fused-ring (bicyclic) bond motifs is 1. The van der Waals surface area contributed by atoms with Crippen molar-refractivity contribution in [2.45, 2.75) is 19.6 Å². The van der Waals surface area contributed by atoms with Gasteiger partial charge in [-0.15, -0.1) is 0 Å². The molecule has 11 nitrogen and oxygen atoms in total. The van der Waals surface area contributed by atoms with Gasteiger partial charge in [-0.2, -0.15) is 10.2 Å². The summed E-state index contributed by atoms with van der Waals surface area (Å²) >= 11 is 0. The van der Waals surface area contributed by atoms with Gasteiger partial charge in [0.15, 0.2) is 0 Å². The van der Waals surface area contributed by atoms with Crippen LogP contribution in [0.1, 0.15) is 5.82 Å². The number of hydrogen-bond acceptors (Lipinski definition) is 9. The van der Waals surface area contributed by atoms with Crippen LogP contribution in [0.25, 0.3) is 22.3 Å². The fourth-order valence-electron chi connectivity index (χ4n) is 4.14. The number of benzene rings is 2. The average molecular weight is 501 g/mol. The summed E-state index contributed by atoms with van der Waals surface area (Å²) in [5.74, 6) is 2.01. The number of aliphatic hydroxyl groups is 1. The van der Waals surface area contributed by atoms with E-state index >= 15 is 0 Å². The molecule has 0 fully saturated rings. The second-order valence-electron chi connectivity index (χ2n) is 8.66. The van der Waals surface area contributed by atoms with Crippen LogP contribution < -0.4 is 14.4 Å². The van der Waals surface area contributed by atoms with Crippen molar-refractivity contribution in [2.24, 2.45) is 7.05 Å². The third-order valence-corrected chi connectivity index (χ3v) is 6.07. The molecule has 0 saturated carbocycles. The number of aromatic nitrogens is 7. The SMILES string of the molecule is COc1cc(OC)cc(N(CC(O)Cn2ncnc2C)c2ccc3ncc(-c4cnn(C)c4)nc3c2)c1. The van der Waals surface area contributed by atoms with E-state index in [1.54, 1.807) is 36.0 Å². The molecule has 0 aliphatic carbocycles. The maximum absolute atomic E-state index is 11.1. The van der Waals surface area contributed by atoms with Gasteiger partial charge in [0, 0.05) is 48.4 Å². The number of aryl methyl sites for hydroxylation is 2. The highest BCUT2D eigenvalue weighted by Gasteiger charge is 2.19. The first-order valence-corrected chi connectivity index (χ1v) is 11.7. The van der Waals surface area contributed by atoms with Gasteiger partial charge in [0.2, 0.25) is 0 Å². The van der Waals surface area contributed by atoms with Crippen LogP contribution in [0.2, 0.25) is 0 Å². The molecule has 5 aromatic rings. The molecule has 0 bridgehead atoms. The first-order valence-electron chi connectivity index (χ1n) is 11.7. The molecule has 1 atom stereocenters. The van der Waals surface area contributed by atoms with Gasteiger partial charge in [0.1, 0.15) is 23.7 Å². The highest BCUT2D eigenvalue weighted by molar-refractivity contribution is 5.82. The Morgan fingerprint density at radius 1 is 0.946 bits per heavy atom. The molecule has 0 spiro atoms. The van der Waals surface area contributed by atoms with E-state index in [0.29, 0.717) is 18.0 Å². The van der Waals surface area contributed by atoms with Crippen LogP contribution in [0.5, 0.6) is 11.5 Å². The predicted octanol–water partition coefficient (Wildman–Crippen LogP) is 3.15. The van der Waals surface area contributed by atoms with Crippen LogP contribution in [0.3, 0.4) is 0 Å². The van der Waals surface area contributed by atoms with Crippen molar-refractivity contribution < 1.29 is 14.6 Å². The van der Waals surface area contributed by atoms with Crippen LogP contribution in [-0.4, -0.2) is 66.5 Å². The fourth-order valence-corrected chi connectivity index (χ4v) is 4.14. The van der Waals surface area contributed by atoms with E-state index in [0.717, 1.165) is 39.5 Å². The van der Waals surface area contributed by atoms with E-state index in [-0.39, 0.29) is 6.54 Å². The zero-order valence-corrected chi connectivity index (χ0v) is 21.1. The lowest BCUT2D eigenvalue weighted by atomic mass is 10.1. The Kier molecular flexibility index (Phi) is 6.69.